The van der Waals surface area contributed by atoms with E-state index in [0.29, 0.717) is 23.5 Å². The monoisotopic (exact) mass is 460 g/mol. The van der Waals surface area contributed by atoms with Crippen LogP contribution < -0.4 is 4.74 Å². The predicted octanol–water partition coefficient (Wildman–Crippen LogP) is 7.52. The van der Waals surface area contributed by atoms with Crippen molar-refractivity contribution in [3.8, 4) is 16.9 Å². The maximum Gasteiger partial charge on any atom is 0.192 e. The van der Waals surface area contributed by atoms with E-state index < -0.39 is 13.9 Å². The van der Waals surface area contributed by atoms with Crippen LogP contribution in [-0.2, 0) is 16.6 Å². The van der Waals surface area contributed by atoms with E-state index in [-0.39, 0.29) is 22.7 Å². The van der Waals surface area contributed by atoms with E-state index in [9.17, 15) is 9.50 Å². The molecule has 0 atom stereocenters. The van der Waals surface area contributed by atoms with Gasteiger partial charge in [-0.3, -0.25) is 0 Å². The zero-order valence-electron chi connectivity index (χ0n) is 21.5. The van der Waals surface area contributed by atoms with Crippen molar-refractivity contribution >= 4 is 8.32 Å². The second-order valence-corrected chi connectivity index (χ2v) is 15.7. The molecule has 0 bridgehead atoms. The molecule has 0 saturated heterocycles. The van der Waals surface area contributed by atoms with Gasteiger partial charge in [-0.2, -0.15) is 0 Å². The molecule has 0 heterocycles. The second kappa shape index (κ2) is 9.66. The van der Waals surface area contributed by atoms with E-state index in [1.807, 2.05) is 45.9 Å². The Morgan fingerprint density at radius 1 is 0.938 bits per heavy atom. The Labute approximate surface area is 195 Å². The molecule has 0 aliphatic rings. The fourth-order valence-electron chi connectivity index (χ4n) is 3.85. The van der Waals surface area contributed by atoms with Crippen molar-refractivity contribution in [2.75, 3.05) is 7.11 Å². The van der Waals surface area contributed by atoms with Crippen LogP contribution in [0.4, 0.5) is 4.39 Å². The van der Waals surface area contributed by atoms with Crippen LogP contribution in [0.25, 0.3) is 11.1 Å². The van der Waals surface area contributed by atoms with Crippen molar-refractivity contribution < 1.29 is 18.7 Å². The van der Waals surface area contributed by atoms with Crippen molar-refractivity contribution in [3.05, 3.63) is 53.3 Å². The summed E-state index contributed by atoms with van der Waals surface area (Å²) in [6.07, 6.45) is 0. The van der Waals surface area contributed by atoms with Crippen LogP contribution in [0.5, 0.6) is 5.75 Å². The van der Waals surface area contributed by atoms with E-state index in [1.165, 1.54) is 6.07 Å². The molecule has 0 unspecified atom stereocenters. The molecule has 0 spiro atoms. The SMILES string of the molecule is COc1ccc(F)c(-c2ccc(CO[Si](C)(C)C(C)(C)C)cc2C(O)(C(C)C)C(C)C)c1. The van der Waals surface area contributed by atoms with E-state index in [4.69, 9.17) is 9.16 Å². The first-order valence-corrected chi connectivity index (χ1v) is 14.4. The van der Waals surface area contributed by atoms with Gasteiger partial charge in [0.15, 0.2) is 8.32 Å². The molecule has 5 heteroatoms. The number of halogens is 1. The molecule has 0 radical (unpaired) electrons. The van der Waals surface area contributed by atoms with E-state index in [0.717, 1.165) is 11.1 Å². The molecule has 1 N–H and O–H groups in total. The summed E-state index contributed by atoms with van der Waals surface area (Å²) >= 11 is 0. The molecule has 2 aromatic carbocycles. The molecule has 0 aliphatic heterocycles. The molecular weight excluding hydrogens is 419 g/mol. The third kappa shape index (κ3) is 5.27. The lowest BCUT2D eigenvalue weighted by molar-refractivity contribution is -0.0527. The Morgan fingerprint density at radius 3 is 2.03 bits per heavy atom. The normalized spacial score (nSPS) is 13.2. The van der Waals surface area contributed by atoms with E-state index in [1.54, 1.807) is 19.2 Å². The minimum Gasteiger partial charge on any atom is -0.497 e. The Kier molecular flexibility index (Phi) is 8.02. The minimum atomic E-state index is -1.93. The predicted molar refractivity (Wildman–Crippen MR) is 134 cm³/mol. The summed E-state index contributed by atoms with van der Waals surface area (Å²) in [6.45, 7) is 19.6. The van der Waals surface area contributed by atoms with Gasteiger partial charge in [-0.25, -0.2) is 4.39 Å². The number of hydrogen-bond acceptors (Lipinski definition) is 3. The first kappa shape index (κ1) is 26.6. The number of rotatable bonds is 8. The lowest BCUT2D eigenvalue weighted by atomic mass is 9.72. The summed E-state index contributed by atoms with van der Waals surface area (Å²) in [7, 11) is -0.365. The summed E-state index contributed by atoms with van der Waals surface area (Å²) in [5, 5.41) is 12.0. The molecule has 0 amide bonds. The Morgan fingerprint density at radius 2 is 1.53 bits per heavy atom. The largest absolute Gasteiger partial charge is 0.497 e. The molecule has 2 aromatic rings. The Hall–Kier alpha value is -1.69. The second-order valence-electron chi connectivity index (χ2n) is 10.9. The topological polar surface area (TPSA) is 38.7 Å². The lowest BCUT2D eigenvalue weighted by Crippen LogP contribution is -2.40. The fraction of sp³-hybridized carbons (Fsp3) is 0.556. The van der Waals surface area contributed by atoms with Gasteiger partial charge in [0.05, 0.1) is 19.3 Å². The van der Waals surface area contributed by atoms with Crippen LogP contribution in [0.15, 0.2) is 36.4 Å². The van der Waals surface area contributed by atoms with Gasteiger partial charge in [-0.05, 0) is 64.9 Å². The quantitative estimate of drug-likeness (QED) is 0.414. The van der Waals surface area contributed by atoms with Crippen molar-refractivity contribution in [1.82, 2.24) is 0 Å². The highest BCUT2D eigenvalue weighted by molar-refractivity contribution is 6.74. The summed E-state index contributed by atoms with van der Waals surface area (Å²) in [4.78, 5) is 0. The smallest absolute Gasteiger partial charge is 0.192 e. The van der Waals surface area contributed by atoms with Gasteiger partial charge in [0.25, 0.3) is 0 Å². The maximum absolute atomic E-state index is 14.9. The Bertz CT molecular complexity index is 921. The van der Waals surface area contributed by atoms with Gasteiger partial charge in [0.1, 0.15) is 11.6 Å². The summed E-state index contributed by atoms with van der Waals surface area (Å²) in [5.41, 5.74) is 1.69. The highest BCUT2D eigenvalue weighted by Gasteiger charge is 2.40. The van der Waals surface area contributed by atoms with Crippen LogP contribution in [0.1, 0.15) is 59.6 Å². The molecule has 0 fully saturated rings. The van der Waals surface area contributed by atoms with Crippen LogP contribution >= 0.6 is 0 Å². The van der Waals surface area contributed by atoms with Crippen LogP contribution in [0.2, 0.25) is 18.1 Å². The fourth-order valence-corrected chi connectivity index (χ4v) is 4.81. The molecule has 0 aliphatic carbocycles. The number of benzene rings is 2. The molecule has 178 valence electrons. The molecule has 2 rings (SSSR count). The summed E-state index contributed by atoms with van der Waals surface area (Å²) in [6, 6.07) is 10.6. The standard InChI is InChI=1S/C27H41FO3Si/c1-18(2)27(29,19(3)4)24-15-20(17-31-32(9,10)26(5,6)7)11-13-22(24)23-16-21(30-8)12-14-25(23)28/h11-16,18-19,29H,17H2,1-10H3. The zero-order valence-corrected chi connectivity index (χ0v) is 22.5. The summed E-state index contributed by atoms with van der Waals surface area (Å²) in [5.74, 6) is 0.112. The molecule has 0 aromatic heterocycles. The number of methoxy groups -OCH3 is 1. The first-order valence-electron chi connectivity index (χ1n) is 11.5. The highest BCUT2D eigenvalue weighted by atomic mass is 28.4. The zero-order chi connectivity index (χ0) is 24.5. The van der Waals surface area contributed by atoms with Crippen molar-refractivity contribution in [1.29, 1.82) is 0 Å². The van der Waals surface area contributed by atoms with E-state index in [2.05, 4.69) is 33.9 Å². The van der Waals surface area contributed by atoms with Gasteiger partial charge in [0, 0.05) is 5.56 Å². The van der Waals surface area contributed by atoms with Gasteiger partial charge in [-0.15, -0.1) is 0 Å². The van der Waals surface area contributed by atoms with Gasteiger partial charge < -0.3 is 14.3 Å². The number of aliphatic hydroxyl groups is 1. The number of ether oxygens (including phenoxy) is 1. The first-order chi connectivity index (χ1) is 14.6. The summed E-state index contributed by atoms with van der Waals surface area (Å²) < 4.78 is 26.7. The van der Waals surface area contributed by atoms with Crippen LogP contribution in [0.3, 0.4) is 0 Å². The highest BCUT2D eigenvalue weighted by Crippen LogP contribution is 2.44. The average molecular weight is 461 g/mol. The number of hydrogen-bond donors (Lipinski definition) is 1. The third-order valence-corrected chi connectivity index (χ3v) is 11.6. The molecular formula is C27H41FO3Si. The van der Waals surface area contributed by atoms with Gasteiger partial charge in [-0.1, -0.05) is 66.7 Å². The van der Waals surface area contributed by atoms with Crippen LogP contribution in [0, 0.1) is 17.7 Å². The molecule has 0 saturated carbocycles. The van der Waals surface area contributed by atoms with Crippen molar-refractivity contribution in [2.45, 2.75) is 78.8 Å². The van der Waals surface area contributed by atoms with Crippen LogP contribution in [-0.4, -0.2) is 20.5 Å². The van der Waals surface area contributed by atoms with Crippen molar-refractivity contribution in [3.63, 3.8) is 0 Å². The van der Waals surface area contributed by atoms with Gasteiger partial charge >= 0.3 is 0 Å². The molecule has 32 heavy (non-hydrogen) atoms. The Balaban J connectivity index is 2.66. The maximum atomic E-state index is 14.9. The molecule has 3 nitrogen and oxygen atoms in total. The average Bonchev–Trinajstić information content (AvgIpc) is 2.70. The van der Waals surface area contributed by atoms with E-state index >= 15 is 0 Å². The minimum absolute atomic E-state index is 0.0634. The third-order valence-electron chi connectivity index (χ3n) is 7.15. The van der Waals surface area contributed by atoms with Crippen molar-refractivity contribution in [2.24, 2.45) is 11.8 Å². The van der Waals surface area contributed by atoms with Gasteiger partial charge in [0.2, 0.25) is 0 Å². The lowest BCUT2D eigenvalue weighted by Gasteiger charge is -2.39.